The van der Waals surface area contributed by atoms with Crippen molar-refractivity contribution in [2.24, 2.45) is 0 Å². The van der Waals surface area contributed by atoms with Crippen LogP contribution in [0.3, 0.4) is 0 Å². The summed E-state index contributed by atoms with van der Waals surface area (Å²) >= 11 is 0. The molecule has 1 nitrogen and oxygen atoms in total. The molecule has 0 spiro atoms. The van der Waals surface area contributed by atoms with Crippen molar-refractivity contribution in [3.63, 3.8) is 0 Å². The molecule has 0 radical (unpaired) electrons. The largest absolute Gasteiger partial charge is 0.309 e. The van der Waals surface area contributed by atoms with Gasteiger partial charge in [0.25, 0.3) is 0 Å². The van der Waals surface area contributed by atoms with Gasteiger partial charge in [-0.1, -0.05) is 214 Å². The van der Waals surface area contributed by atoms with Gasteiger partial charge in [-0.2, -0.15) is 0 Å². The Kier molecular flexibility index (Phi) is 8.92. The molecule has 0 saturated heterocycles. The zero-order valence-electron chi connectivity index (χ0n) is 32.8. The van der Waals surface area contributed by atoms with E-state index in [-0.39, 0.29) is 5.41 Å². The van der Waals surface area contributed by atoms with Gasteiger partial charge in [0, 0.05) is 22.2 Å². The molecule has 0 heterocycles. The standard InChI is InChI=1S/C57H43N/c1-57(2)52-31-16-15-27-48(52)50-29-17-30-51(56(50)57)49-28-18-32-53(55(49)44-25-13-6-14-26-44)58(46-36-33-42(34-37-46)40-19-7-3-8-20-40)54-39-45(41-21-9-4-10-22-41)35-38-47(54)43-23-11-5-12-24-43/h3-39H,1-2H3. The quantitative estimate of drug-likeness (QED) is 0.150. The number of fused-ring (bicyclic) bond motifs is 3. The van der Waals surface area contributed by atoms with E-state index < -0.39 is 0 Å². The summed E-state index contributed by atoms with van der Waals surface area (Å²) in [4.78, 5) is 2.50. The van der Waals surface area contributed by atoms with Crippen LogP contribution in [0, 0.1) is 0 Å². The topological polar surface area (TPSA) is 3.24 Å². The molecule has 276 valence electrons. The molecule has 0 fully saturated rings. The number of anilines is 3. The fourth-order valence-corrected chi connectivity index (χ4v) is 9.16. The van der Waals surface area contributed by atoms with Crippen LogP contribution < -0.4 is 4.90 Å². The van der Waals surface area contributed by atoms with Crippen LogP contribution in [-0.2, 0) is 5.41 Å². The lowest BCUT2D eigenvalue weighted by Crippen LogP contribution is -2.17. The summed E-state index contributed by atoms with van der Waals surface area (Å²) in [6, 6.07) is 81.9. The van der Waals surface area contributed by atoms with Crippen molar-refractivity contribution in [2.45, 2.75) is 19.3 Å². The number of hydrogen-bond acceptors (Lipinski definition) is 1. The first-order valence-corrected chi connectivity index (χ1v) is 20.2. The van der Waals surface area contributed by atoms with Crippen LogP contribution in [0.4, 0.5) is 17.1 Å². The molecule has 9 aromatic rings. The first kappa shape index (κ1) is 35.2. The minimum Gasteiger partial charge on any atom is -0.309 e. The summed E-state index contributed by atoms with van der Waals surface area (Å²) < 4.78 is 0. The second kappa shape index (κ2) is 14.7. The average Bonchev–Trinajstić information content (AvgIpc) is 3.54. The van der Waals surface area contributed by atoms with E-state index in [1.165, 1.54) is 72.3 Å². The summed E-state index contributed by atoms with van der Waals surface area (Å²) in [6.07, 6.45) is 0. The summed E-state index contributed by atoms with van der Waals surface area (Å²) in [5.41, 5.74) is 20.4. The fourth-order valence-electron chi connectivity index (χ4n) is 9.16. The van der Waals surface area contributed by atoms with Crippen LogP contribution >= 0.6 is 0 Å². The Hall–Kier alpha value is -7.22. The Morgan fingerprint density at radius 2 is 0.776 bits per heavy atom. The van der Waals surface area contributed by atoms with Gasteiger partial charge < -0.3 is 4.90 Å². The maximum Gasteiger partial charge on any atom is 0.0546 e. The molecule has 0 saturated carbocycles. The third kappa shape index (κ3) is 6.13. The molecule has 1 aliphatic carbocycles. The van der Waals surface area contributed by atoms with Crippen molar-refractivity contribution in [3.8, 4) is 66.8 Å². The molecule has 9 aromatic carbocycles. The molecule has 0 amide bonds. The molecule has 1 heteroatoms. The summed E-state index contributed by atoms with van der Waals surface area (Å²) in [7, 11) is 0. The van der Waals surface area contributed by atoms with Crippen LogP contribution in [-0.4, -0.2) is 0 Å². The van der Waals surface area contributed by atoms with Crippen molar-refractivity contribution in [1.29, 1.82) is 0 Å². The van der Waals surface area contributed by atoms with Gasteiger partial charge in [-0.25, -0.2) is 0 Å². The zero-order valence-corrected chi connectivity index (χ0v) is 32.8. The molecule has 0 N–H and O–H groups in total. The Bertz CT molecular complexity index is 2880. The van der Waals surface area contributed by atoms with Crippen LogP contribution in [0.5, 0.6) is 0 Å². The average molecular weight is 742 g/mol. The Morgan fingerprint density at radius 1 is 0.310 bits per heavy atom. The highest BCUT2D eigenvalue weighted by Crippen LogP contribution is 2.55. The predicted molar refractivity (Wildman–Crippen MR) is 246 cm³/mol. The minimum absolute atomic E-state index is 0.177. The minimum atomic E-state index is -0.177. The van der Waals surface area contributed by atoms with Gasteiger partial charge in [0.2, 0.25) is 0 Å². The summed E-state index contributed by atoms with van der Waals surface area (Å²) in [5, 5.41) is 0. The maximum absolute atomic E-state index is 2.50. The molecule has 0 bridgehead atoms. The highest BCUT2D eigenvalue weighted by molar-refractivity contribution is 6.02. The van der Waals surface area contributed by atoms with Gasteiger partial charge in [-0.15, -0.1) is 0 Å². The maximum atomic E-state index is 2.50. The normalized spacial score (nSPS) is 12.4. The number of nitrogens with zero attached hydrogens (tertiary/aromatic N) is 1. The molecular formula is C57H43N. The van der Waals surface area contributed by atoms with E-state index in [1.54, 1.807) is 0 Å². The fraction of sp³-hybridized carbons (Fsp3) is 0.0526. The molecule has 0 atom stereocenters. The second-order valence-electron chi connectivity index (χ2n) is 15.7. The van der Waals surface area contributed by atoms with Gasteiger partial charge in [-0.05, 0) is 91.0 Å². The lowest BCUT2D eigenvalue weighted by Gasteiger charge is -2.32. The van der Waals surface area contributed by atoms with Crippen LogP contribution in [0.1, 0.15) is 25.0 Å². The predicted octanol–water partition coefficient (Wildman–Crippen LogP) is 15.8. The highest BCUT2D eigenvalue weighted by Gasteiger charge is 2.38. The number of benzene rings is 9. The lowest BCUT2D eigenvalue weighted by atomic mass is 9.77. The molecule has 0 aromatic heterocycles. The Balaban J connectivity index is 1.28. The number of hydrogen-bond donors (Lipinski definition) is 0. The summed E-state index contributed by atoms with van der Waals surface area (Å²) in [6.45, 7) is 4.77. The first-order valence-electron chi connectivity index (χ1n) is 20.2. The third-order valence-electron chi connectivity index (χ3n) is 11.9. The Morgan fingerprint density at radius 3 is 1.43 bits per heavy atom. The van der Waals surface area contributed by atoms with Crippen molar-refractivity contribution < 1.29 is 0 Å². The first-order chi connectivity index (χ1) is 28.6. The van der Waals surface area contributed by atoms with E-state index in [2.05, 4.69) is 243 Å². The number of rotatable bonds is 8. The monoisotopic (exact) mass is 741 g/mol. The van der Waals surface area contributed by atoms with Crippen molar-refractivity contribution >= 4 is 17.1 Å². The van der Waals surface area contributed by atoms with E-state index in [4.69, 9.17) is 0 Å². The van der Waals surface area contributed by atoms with Crippen LogP contribution in [0.15, 0.2) is 224 Å². The molecular weight excluding hydrogens is 699 g/mol. The zero-order chi connectivity index (χ0) is 39.1. The van der Waals surface area contributed by atoms with Crippen LogP contribution in [0.25, 0.3) is 66.8 Å². The SMILES string of the molecule is CC1(C)c2ccccc2-c2cccc(-c3cccc(N(c4ccc(-c5ccccc5)cc4)c4cc(-c5ccccc5)ccc4-c4ccccc4)c3-c3ccccc3)c21. The van der Waals surface area contributed by atoms with Gasteiger partial charge in [0.1, 0.15) is 0 Å². The van der Waals surface area contributed by atoms with E-state index in [0.717, 1.165) is 22.6 Å². The van der Waals surface area contributed by atoms with Crippen LogP contribution in [0.2, 0.25) is 0 Å². The van der Waals surface area contributed by atoms with Gasteiger partial charge in [0.05, 0.1) is 11.4 Å². The molecule has 0 aliphatic heterocycles. The molecule has 1 aliphatic rings. The van der Waals surface area contributed by atoms with Crippen molar-refractivity contribution in [3.05, 3.63) is 236 Å². The Labute approximate surface area is 342 Å². The van der Waals surface area contributed by atoms with Gasteiger partial charge in [0.15, 0.2) is 0 Å². The van der Waals surface area contributed by atoms with E-state index in [0.29, 0.717) is 0 Å². The van der Waals surface area contributed by atoms with Gasteiger partial charge >= 0.3 is 0 Å². The molecule has 10 rings (SSSR count). The smallest absolute Gasteiger partial charge is 0.0546 e. The molecule has 0 unspecified atom stereocenters. The van der Waals surface area contributed by atoms with E-state index in [9.17, 15) is 0 Å². The van der Waals surface area contributed by atoms with Crippen molar-refractivity contribution in [1.82, 2.24) is 0 Å². The molecule has 58 heavy (non-hydrogen) atoms. The summed E-state index contributed by atoms with van der Waals surface area (Å²) in [5.74, 6) is 0. The van der Waals surface area contributed by atoms with E-state index >= 15 is 0 Å². The lowest BCUT2D eigenvalue weighted by molar-refractivity contribution is 0.662. The second-order valence-corrected chi connectivity index (χ2v) is 15.7. The third-order valence-corrected chi connectivity index (χ3v) is 11.9. The van der Waals surface area contributed by atoms with Gasteiger partial charge in [-0.3, -0.25) is 0 Å². The van der Waals surface area contributed by atoms with E-state index in [1.807, 2.05) is 0 Å². The van der Waals surface area contributed by atoms with Crippen molar-refractivity contribution in [2.75, 3.05) is 4.90 Å². The highest BCUT2D eigenvalue weighted by atomic mass is 15.1.